The van der Waals surface area contributed by atoms with Crippen molar-refractivity contribution in [3.8, 4) is 11.3 Å². The van der Waals surface area contributed by atoms with Crippen LogP contribution in [0.4, 0.5) is 11.8 Å². The predicted octanol–water partition coefficient (Wildman–Crippen LogP) is 0.648. The van der Waals surface area contributed by atoms with Crippen LogP contribution in [0.25, 0.3) is 11.3 Å². The quantitative estimate of drug-likeness (QED) is 0.765. The lowest BCUT2D eigenvalue weighted by Crippen LogP contribution is -2.06. The molecule has 0 aliphatic rings. The van der Waals surface area contributed by atoms with E-state index in [0.29, 0.717) is 30.0 Å². The highest BCUT2D eigenvalue weighted by Gasteiger charge is 2.15. The van der Waals surface area contributed by atoms with Crippen molar-refractivity contribution in [2.75, 3.05) is 11.5 Å². The molecule has 2 rings (SSSR count). The monoisotopic (exact) mass is 245 g/mol. The second-order valence-corrected chi connectivity index (χ2v) is 3.76. The molecule has 0 unspecified atom stereocenters. The number of allylic oxidation sites excluding steroid dienone is 1. The average molecular weight is 245 g/mol. The summed E-state index contributed by atoms with van der Waals surface area (Å²) in [4.78, 5) is 8.13. The molecule has 7 nitrogen and oxygen atoms in total. The minimum absolute atomic E-state index is 0.173. The smallest absolute Gasteiger partial charge is 0.222 e. The Bertz CT molecular complexity index is 573. The first-order chi connectivity index (χ1) is 8.65. The Balaban J connectivity index is 2.51. The lowest BCUT2D eigenvalue weighted by molar-refractivity contribution is 0.662. The molecule has 2 aromatic rings. The van der Waals surface area contributed by atoms with E-state index in [-0.39, 0.29) is 5.95 Å². The molecular formula is C11H15N7. The molecule has 0 spiro atoms. The number of hydrogen-bond acceptors (Lipinski definition) is 6. The van der Waals surface area contributed by atoms with E-state index in [1.54, 1.807) is 17.0 Å². The summed E-state index contributed by atoms with van der Waals surface area (Å²) < 4.78 is 1.66. The summed E-state index contributed by atoms with van der Waals surface area (Å²) in [5.74, 6) is 0.497. The van der Waals surface area contributed by atoms with E-state index in [0.717, 1.165) is 5.69 Å². The largest absolute Gasteiger partial charge is 0.383 e. The maximum Gasteiger partial charge on any atom is 0.222 e. The van der Waals surface area contributed by atoms with Crippen LogP contribution >= 0.6 is 0 Å². The van der Waals surface area contributed by atoms with E-state index in [9.17, 15) is 0 Å². The molecule has 94 valence electrons. The van der Waals surface area contributed by atoms with Crippen LogP contribution in [0, 0.1) is 0 Å². The van der Waals surface area contributed by atoms with E-state index in [1.165, 1.54) is 0 Å². The zero-order valence-electron chi connectivity index (χ0n) is 10.2. The van der Waals surface area contributed by atoms with Gasteiger partial charge in [-0.1, -0.05) is 18.2 Å². The van der Waals surface area contributed by atoms with E-state index in [4.69, 9.17) is 11.5 Å². The van der Waals surface area contributed by atoms with Gasteiger partial charge in [0.25, 0.3) is 0 Å². The normalized spacial score (nSPS) is 10.5. The van der Waals surface area contributed by atoms with Crippen LogP contribution in [0.15, 0.2) is 18.9 Å². The Morgan fingerprint density at radius 3 is 2.83 bits per heavy atom. The standard InChI is InChI=1S/C11H15N7/c1-3-5-18-6-8(16-17-18)9-7(4-2)14-11(13)15-10(9)12/h3,6H,1,4-5H2,2H3,(H4,12,13,14,15). The molecular weight excluding hydrogens is 230 g/mol. The third-order valence-electron chi connectivity index (χ3n) is 2.48. The minimum atomic E-state index is 0.173. The zero-order valence-corrected chi connectivity index (χ0v) is 10.2. The van der Waals surface area contributed by atoms with Crippen LogP contribution in [-0.2, 0) is 13.0 Å². The summed E-state index contributed by atoms with van der Waals surface area (Å²) >= 11 is 0. The summed E-state index contributed by atoms with van der Waals surface area (Å²) in [7, 11) is 0. The molecule has 0 aliphatic heterocycles. The van der Waals surface area contributed by atoms with Crippen molar-refractivity contribution in [2.24, 2.45) is 0 Å². The summed E-state index contributed by atoms with van der Waals surface area (Å²) in [6.07, 6.45) is 4.22. The first-order valence-corrected chi connectivity index (χ1v) is 5.59. The second kappa shape index (κ2) is 4.82. The van der Waals surface area contributed by atoms with Crippen LogP contribution in [0.1, 0.15) is 12.6 Å². The topological polar surface area (TPSA) is 109 Å². The maximum absolute atomic E-state index is 5.88. The molecule has 0 fully saturated rings. The van der Waals surface area contributed by atoms with Gasteiger partial charge in [-0.3, -0.25) is 0 Å². The van der Waals surface area contributed by atoms with Gasteiger partial charge >= 0.3 is 0 Å². The number of aryl methyl sites for hydroxylation is 1. The molecule has 0 saturated carbocycles. The lowest BCUT2D eigenvalue weighted by atomic mass is 10.1. The summed E-state index contributed by atoms with van der Waals surface area (Å²) in [5, 5.41) is 8.04. The van der Waals surface area contributed by atoms with Crippen molar-refractivity contribution < 1.29 is 0 Å². The van der Waals surface area contributed by atoms with Gasteiger partial charge in [-0.05, 0) is 6.42 Å². The Morgan fingerprint density at radius 2 is 2.17 bits per heavy atom. The number of nitrogens with two attached hydrogens (primary N) is 2. The first kappa shape index (κ1) is 12.0. The SMILES string of the molecule is C=CCn1cc(-c2c(N)nc(N)nc2CC)nn1. The molecule has 0 amide bonds. The van der Waals surface area contributed by atoms with Gasteiger partial charge in [0.2, 0.25) is 5.95 Å². The molecule has 0 atom stereocenters. The van der Waals surface area contributed by atoms with Crippen LogP contribution in [0.3, 0.4) is 0 Å². The van der Waals surface area contributed by atoms with E-state index in [1.807, 2.05) is 6.92 Å². The molecule has 7 heteroatoms. The number of nitrogens with zero attached hydrogens (tertiary/aromatic N) is 5. The van der Waals surface area contributed by atoms with Crippen molar-refractivity contribution >= 4 is 11.8 Å². The molecule has 0 saturated heterocycles. The molecule has 0 aromatic carbocycles. The fourth-order valence-electron chi connectivity index (χ4n) is 1.72. The second-order valence-electron chi connectivity index (χ2n) is 3.76. The maximum atomic E-state index is 5.88. The lowest BCUT2D eigenvalue weighted by Gasteiger charge is -2.07. The first-order valence-electron chi connectivity index (χ1n) is 5.59. The van der Waals surface area contributed by atoms with Crippen molar-refractivity contribution in [1.82, 2.24) is 25.0 Å². The van der Waals surface area contributed by atoms with Gasteiger partial charge in [0.15, 0.2) is 0 Å². The number of anilines is 2. The highest BCUT2D eigenvalue weighted by Crippen LogP contribution is 2.26. The molecule has 0 radical (unpaired) electrons. The minimum Gasteiger partial charge on any atom is -0.383 e. The number of aromatic nitrogens is 5. The van der Waals surface area contributed by atoms with Gasteiger partial charge in [-0.2, -0.15) is 4.98 Å². The van der Waals surface area contributed by atoms with Gasteiger partial charge in [0, 0.05) is 0 Å². The summed E-state index contributed by atoms with van der Waals surface area (Å²) in [5.41, 5.74) is 13.6. The molecule has 0 bridgehead atoms. The number of rotatable bonds is 4. The van der Waals surface area contributed by atoms with Crippen LogP contribution in [0.2, 0.25) is 0 Å². The van der Waals surface area contributed by atoms with E-state index < -0.39 is 0 Å². The Labute approximate surface area is 105 Å². The van der Waals surface area contributed by atoms with Gasteiger partial charge in [-0.15, -0.1) is 11.7 Å². The van der Waals surface area contributed by atoms with Crippen molar-refractivity contribution in [2.45, 2.75) is 19.9 Å². The predicted molar refractivity (Wildman–Crippen MR) is 69.4 cm³/mol. The molecule has 4 N–H and O–H groups in total. The van der Waals surface area contributed by atoms with E-state index >= 15 is 0 Å². The summed E-state index contributed by atoms with van der Waals surface area (Å²) in [6, 6.07) is 0. The van der Waals surface area contributed by atoms with E-state index in [2.05, 4.69) is 26.9 Å². The van der Waals surface area contributed by atoms with Crippen molar-refractivity contribution in [3.05, 3.63) is 24.5 Å². The van der Waals surface area contributed by atoms with Crippen LogP contribution in [-0.4, -0.2) is 25.0 Å². The number of nitrogen functional groups attached to an aromatic ring is 2. The van der Waals surface area contributed by atoms with Crippen molar-refractivity contribution in [3.63, 3.8) is 0 Å². The molecule has 0 aliphatic carbocycles. The van der Waals surface area contributed by atoms with Crippen LogP contribution in [0.5, 0.6) is 0 Å². The molecule has 18 heavy (non-hydrogen) atoms. The average Bonchev–Trinajstić information content (AvgIpc) is 2.76. The van der Waals surface area contributed by atoms with Gasteiger partial charge < -0.3 is 11.5 Å². The third-order valence-corrected chi connectivity index (χ3v) is 2.48. The molecule has 2 heterocycles. The Hall–Kier alpha value is -2.44. The van der Waals surface area contributed by atoms with Gasteiger partial charge in [0.1, 0.15) is 11.5 Å². The summed E-state index contributed by atoms with van der Waals surface area (Å²) in [6.45, 7) is 6.20. The highest BCUT2D eigenvalue weighted by molar-refractivity contribution is 5.73. The third kappa shape index (κ3) is 2.15. The van der Waals surface area contributed by atoms with Crippen molar-refractivity contribution in [1.29, 1.82) is 0 Å². The highest BCUT2D eigenvalue weighted by atomic mass is 15.4. The van der Waals surface area contributed by atoms with Gasteiger partial charge in [0.05, 0.1) is 24.0 Å². The molecule has 2 aromatic heterocycles. The van der Waals surface area contributed by atoms with Gasteiger partial charge in [-0.25, -0.2) is 9.67 Å². The number of hydrogen-bond donors (Lipinski definition) is 2. The van der Waals surface area contributed by atoms with Crippen LogP contribution < -0.4 is 11.5 Å². The fraction of sp³-hybridized carbons (Fsp3) is 0.273. The Morgan fingerprint density at radius 1 is 1.39 bits per heavy atom. The fourth-order valence-corrected chi connectivity index (χ4v) is 1.72. The zero-order chi connectivity index (χ0) is 13.1. The Kier molecular flexibility index (Phi) is 3.22.